The molecule has 28 heavy (non-hydrogen) atoms. The van der Waals surface area contributed by atoms with Crippen LogP contribution in [0.3, 0.4) is 0 Å². The first-order valence-corrected chi connectivity index (χ1v) is 8.89. The van der Waals surface area contributed by atoms with Crippen LogP contribution in [0.25, 0.3) is 10.9 Å². The van der Waals surface area contributed by atoms with Gasteiger partial charge in [-0.2, -0.15) is 0 Å². The monoisotopic (exact) mass is 405 g/mol. The van der Waals surface area contributed by atoms with Crippen molar-refractivity contribution in [1.82, 2.24) is 14.9 Å². The molecule has 0 bridgehead atoms. The Hall–Kier alpha value is -3.47. The number of aromatic hydroxyl groups is 1. The molecule has 3 N–H and O–H groups in total. The smallest absolute Gasteiger partial charge is 0.322 e. The number of aromatic nitrogens is 2. The number of amides is 1. The number of nitrogens with one attached hydrogen (secondary N) is 1. The number of hydrogen-bond acceptors (Lipinski definition) is 7. The van der Waals surface area contributed by atoms with Gasteiger partial charge in [0.1, 0.15) is 36.0 Å². The molecule has 1 aliphatic heterocycles. The quantitative estimate of drug-likeness (QED) is 0.592. The van der Waals surface area contributed by atoms with Crippen LogP contribution in [0.2, 0.25) is 0 Å². The average molecular weight is 405 g/mol. The first-order chi connectivity index (χ1) is 13.4. The van der Waals surface area contributed by atoms with Crippen molar-refractivity contribution < 1.29 is 28.9 Å². The van der Waals surface area contributed by atoms with E-state index in [1.165, 1.54) is 28.2 Å². The maximum atomic E-state index is 14.3. The summed E-state index contributed by atoms with van der Waals surface area (Å²) in [5.74, 6) is -3.95. The minimum absolute atomic E-state index is 0.0157. The van der Waals surface area contributed by atoms with Crippen molar-refractivity contribution >= 4 is 34.1 Å². The molecule has 1 aliphatic rings. The fraction of sp³-hybridized carbons (Fsp3) is 0.176. The number of carboxylic acids is 1. The lowest BCUT2D eigenvalue weighted by molar-refractivity contribution is -0.135. The number of nitrogens with zero attached hydrogens (tertiary/aromatic N) is 2. The summed E-state index contributed by atoms with van der Waals surface area (Å²) < 4.78 is 20.9. The lowest BCUT2D eigenvalue weighted by atomic mass is 10.1. The van der Waals surface area contributed by atoms with Crippen LogP contribution in [-0.4, -0.2) is 44.8 Å². The second kappa shape index (κ2) is 6.60. The largest absolute Gasteiger partial charge is 0.506 e. The number of pyridine rings is 1. The Balaban J connectivity index is 2.02. The molecule has 1 amide bonds. The Bertz CT molecular complexity index is 1170. The first-order valence-electron chi connectivity index (χ1n) is 8.01. The summed E-state index contributed by atoms with van der Waals surface area (Å²) in [4.78, 5) is 40.9. The molecular formula is C17H12FN3O6S. The Morgan fingerprint density at radius 1 is 1.43 bits per heavy atom. The standard InChI is InChI=1S/C17H12FN3O6S/c18-8-2-1-7-13-15(8)27-5-9(10-3-19-6-28-10)21(13)17(26)12(14(7)24)16(25)20-4-11(22)23/h1-3,6,9,24H,4-5H2,(H,20,25)(H,22,23). The molecule has 144 valence electrons. The second-order valence-electron chi connectivity index (χ2n) is 5.98. The zero-order chi connectivity index (χ0) is 20.0. The SMILES string of the molecule is O=C(O)CNC(=O)c1c(O)c2ccc(F)c3c2n(c1=O)C(c1cncs1)CO3. The van der Waals surface area contributed by atoms with Crippen LogP contribution in [-0.2, 0) is 4.79 Å². The van der Waals surface area contributed by atoms with Gasteiger partial charge in [-0.25, -0.2) is 4.39 Å². The molecule has 2 aromatic heterocycles. The lowest BCUT2D eigenvalue weighted by Gasteiger charge is -2.28. The Morgan fingerprint density at radius 3 is 2.89 bits per heavy atom. The third kappa shape index (κ3) is 2.67. The number of rotatable bonds is 4. The van der Waals surface area contributed by atoms with E-state index < -0.39 is 47.2 Å². The van der Waals surface area contributed by atoms with Crippen molar-refractivity contribution in [1.29, 1.82) is 0 Å². The summed E-state index contributed by atoms with van der Waals surface area (Å²) in [7, 11) is 0. The molecule has 4 rings (SSSR count). The van der Waals surface area contributed by atoms with E-state index in [1.807, 2.05) is 0 Å². The second-order valence-corrected chi connectivity index (χ2v) is 6.90. The van der Waals surface area contributed by atoms with Crippen molar-refractivity contribution in [3.05, 3.63) is 50.5 Å². The molecule has 1 aromatic carbocycles. The van der Waals surface area contributed by atoms with E-state index >= 15 is 0 Å². The normalized spacial score (nSPS) is 15.2. The molecule has 1 unspecified atom stereocenters. The van der Waals surface area contributed by atoms with Crippen LogP contribution in [0.5, 0.6) is 11.5 Å². The molecule has 0 spiro atoms. The molecule has 1 atom stereocenters. The summed E-state index contributed by atoms with van der Waals surface area (Å²) in [6.45, 7) is -0.808. The van der Waals surface area contributed by atoms with Crippen LogP contribution < -0.4 is 15.6 Å². The van der Waals surface area contributed by atoms with Gasteiger partial charge in [-0.3, -0.25) is 23.9 Å². The van der Waals surface area contributed by atoms with Crippen molar-refractivity contribution in [2.75, 3.05) is 13.2 Å². The predicted octanol–water partition coefficient (Wildman–Crippen LogP) is 1.10. The number of halogens is 1. The van der Waals surface area contributed by atoms with Gasteiger partial charge >= 0.3 is 5.97 Å². The number of hydrogen-bond donors (Lipinski definition) is 3. The maximum Gasteiger partial charge on any atom is 0.322 e. The van der Waals surface area contributed by atoms with Gasteiger partial charge < -0.3 is 20.3 Å². The zero-order valence-electron chi connectivity index (χ0n) is 14.0. The average Bonchev–Trinajstić information content (AvgIpc) is 3.19. The van der Waals surface area contributed by atoms with E-state index in [0.717, 1.165) is 6.07 Å². The van der Waals surface area contributed by atoms with Crippen LogP contribution in [0.4, 0.5) is 4.39 Å². The van der Waals surface area contributed by atoms with Crippen LogP contribution in [0.1, 0.15) is 21.3 Å². The van der Waals surface area contributed by atoms with E-state index in [-0.39, 0.29) is 23.3 Å². The third-order valence-corrected chi connectivity index (χ3v) is 5.23. The summed E-state index contributed by atoms with van der Waals surface area (Å²) in [6, 6.07) is 1.59. The Morgan fingerprint density at radius 2 is 2.21 bits per heavy atom. The molecule has 0 fully saturated rings. The van der Waals surface area contributed by atoms with Crippen molar-refractivity contribution in [3.63, 3.8) is 0 Å². The van der Waals surface area contributed by atoms with E-state index in [2.05, 4.69) is 10.3 Å². The van der Waals surface area contributed by atoms with Gasteiger partial charge in [-0.15, -0.1) is 11.3 Å². The van der Waals surface area contributed by atoms with Crippen LogP contribution in [0.15, 0.2) is 28.6 Å². The highest BCUT2D eigenvalue weighted by Crippen LogP contribution is 2.40. The number of thiazole rings is 1. The highest BCUT2D eigenvalue weighted by atomic mass is 32.1. The molecule has 0 saturated carbocycles. The van der Waals surface area contributed by atoms with Crippen molar-refractivity contribution in [2.45, 2.75) is 6.04 Å². The fourth-order valence-corrected chi connectivity index (χ4v) is 3.85. The summed E-state index contributed by atoms with van der Waals surface area (Å²) in [5.41, 5.74) is 0.0608. The molecule has 3 aromatic rings. The molecule has 9 nitrogen and oxygen atoms in total. The van der Waals surface area contributed by atoms with Crippen LogP contribution >= 0.6 is 11.3 Å². The summed E-state index contributed by atoms with van der Waals surface area (Å²) in [6.07, 6.45) is 1.53. The summed E-state index contributed by atoms with van der Waals surface area (Å²) in [5, 5.41) is 21.4. The minimum Gasteiger partial charge on any atom is -0.506 e. The molecule has 11 heteroatoms. The molecule has 0 saturated heterocycles. The number of aliphatic carboxylic acids is 1. The first kappa shape index (κ1) is 17.9. The molecular weight excluding hydrogens is 393 g/mol. The number of carboxylic acid groups (broad SMARTS) is 1. The van der Waals surface area contributed by atoms with Gasteiger partial charge in [0.15, 0.2) is 11.6 Å². The number of ether oxygens (including phenoxy) is 1. The van der Waals surface area contributed by atoms with Crippen molar-refractivity contribution in [3.8, 4) is 11.5 Å². The third-order valence-electron chi connectivity index (χ3n) is 4.35. The Kier molecular flexibility index (Phi) is 4.23. The summed E-state index contributed by atoms with van der Waals surface area (Å²) >= 11 is 1.25. The van der Waals surface area contributed by atoms with Gasteiger partial charge in [0.2, 0.25) is 0 Å². The fourth-order valence-electron chi connectivity index (χ4n) is 3.15. The van der Waals surface area contributed by atoms with Gasteiger partial charge in [0, 0.05) is 11.6 Å². The van der Waals surface area contributed by atoms with Gasteiger partial charge in [-0.1, -0.05) is 0 Å². The van der Waals surface area contributed by atoms with E-state index in [4.69, 9.17) is 9.84 Å². The lowest BCUT2D eigenvalue weighted by Crippen LogP contribution is -2.39. The van der Waals surface area contributed by atoms with Gasteiger partial charge in [0.25, 0.3) is 11.5 Å². The number of carbonyl (C=O) groups is 2. The van der Waals surface area contributed by atoms with E-state index in [9.17, 15) is 23.9 Å². The highest BCUT2D eigenvalue weighted by molar-refractivity contribution is 7.09. The van der Waals surface area contributed by atoms with Gasteiger partial charge in [0.05, 0.1) is 10.4 Å². The number of carbonyl (C=O) groups excluding carboxylic acids is 1. The molecule has 3 heterocycles. The van der Waals surface area contributed by atoms with Gasteiger partial charge in [-0.05, 0) is 12.1 Å². The van der Waals surface area contributed by atoms with E-state index in [0.29, 0.717) is 4.88 Å². The minimum atomic E-state index is -1.31. The zero-order valence-corrected chi connectivity index (χ0v) is 14.8. The van der Waals surface area contributed by atoms with E-state index in [1.54, 1.807) is 5.51 Å². The molecule has 0 aliphatic carbocycles. The predicted molar refractivity (Wildman–Crippen MR) is 95.5 cm³/mol. The highest BCUT2D eigenvalue weighted by Gasteiger charge is 2.33. The number of benzene rings is 1. The molecule has 0 radical (unpaired) electrons. The maximum absolute atomic E-state index is 14.3. The topological polar surface area (TPSA) is 131 Å². The van der Waals surface area contributed by atoms with Crippen molar-refractivity contribution in [2.24, 2.45) is 0 Å². The Labute approximate surface area is 159 Å². The van der Waals surface area contributed by atoms with Crippen LogP contribution in [0, 0.1) is 5.82 Å².